The van der Waals surface area contributed by atoms with Gasteiger partial charge in [-0.1, -0.05) is 58.6 Å². The van der Waals surface area contributed by atoms with E-state index in [2.05, 4.69) is 39.7 Å². The molecule has 1 aliphatic heterocycles. The van der Waals surface area contributed by atoms with Gasteiger partial charge in [-0.3, -0.25) is 5.09 Å². The highest BCUT2D eigenvalue weighted by Crippen LogP contribution is 2.79. The van der Waals surface area contributed by atoms with Crippen molar-refractivity contribution in [3.05, 3.63) is 35.6 Å². The highest BCUT2D eigenvalue weighted by molar-refractivity contribution is 8.15. The van der Waals surface area contributed by atoms with Crippen LogP contribution in [0.5, 0.6) is 0 Å². The average Bonchev–Trinajstić information content (AvgIpc) is 2.36. The molecule has 0 saturated carbocycles. The number of hydrogen-bond acceptors (Lipinski definition) is 1. The molecule has 1 nitrogen and oxygen atoms in total. The minimum atomic E-state index is -1.64. The minimum Gasteiger partial charge on any atom is -0.283 e. The van der Waals surface area contributed by atoms with E-state index in [9.17, 15) is 4.39 Å². The first-order chi connectivity index (χ1) is 8.63. The maximum absolute atomic E-state index is 12.9. The normalized spacial score (nSPS) is 31.8. The van der Waals surface area contributed by atoms with Crippen LogP contribution in [0.4, 0.5) is 4.39 Å². The second-order valence-corrected chi connectivity index (χ2v) is 12.1. The Hall–Kier alpha value is -0.240. The van der Waals surface area contributed by atoms with Crippen molar-refractivity contribution in [1.29, 1.82) is 0 Å². The van der Waals surface area contributed by atoms with Gasteiger partial charge in [-0.2, -0.15) is 0 Å². The van der Waals surface area contributed by atoms with Gasteiger partial charge < -0.3 is 0 Å². The molecule has 0 atom stereocenters. The van der Waals surface area contributed by atoms with Crippen LogP contribution in [-0.4, -0.2) is 10.3 Å². The van der Waals surface area contributed by atoms with Crippen molar-refractivity contribution >= 4 is 18.0 Å². The Labute approximate surface area is 121 Å². The van der Waals surface area contributed by atoms with Crippen molar-refractivity contribution in [1.82, 2.24) is 5.09 Å². The Kier molecular flexibility index (Phi) is 3.71. The van der Waals surface area contributed by atoms with Gasteiger partial charge in [-0.15, -0.1) is 0 Å². The molecule has 0 amide bonds. The second-order valence-electron chi connectivity index (χ2n) is 6.60. The van der Waals surface area contributed by atoms with E-state index in [0.29, 0.717) is 5.92 Å². The molecule has 1 aromatic rings. The summed E-state index contributed by atoms with van der Waals surface area (Å²) in [6.07, 6.45) is -1.64. The van der Waals surface area contributed by atoms with Crippen LogP contribution in [0.15, 0.2) is 24.3 Å². The molecule has 2 rings (SSSR count). The van der Waals surface area contributed by atoms with Gasteiger partial charge in [0.15, 0.2) is 0 Å². The Bertz CT molecular complexity index is 501. The van der Waals surface area contributed by atoms with E-state index in [4.69, 9.17) is 11.8 Å². The van der Waals surface area contributed by atoms with E-state index < -0.39 is 6.19 Å². The van der Waals surface area contributed by atoms with Gasteiger partial charge in [0.2, 0.25) is 0 Å². The van der Waals surface area contributed by atoms with Crippen LogP contribution in [0.3, 0.4) is 0 Å². The lowest BCUT2D eigenvalue weighted by molar-refractivity contribution is 0.296. The number of hydrogen-bond donors (Lipinski definition) is 1. The van der Waals surface area contributed by atoms with Crippen LogP contribution in [0.1, 0.15) is 40.2 Å². The Morgan fingerprint density at radius 1 is 1.16 bits per heavy atom. The van der Waals surface area contributed by atoms with Crippen LogP contribution < -0.4 is 5.09 Å². The summed E-state index contributed by atoms with van der Waals surface area (Å²) < 4.78 is 12.9. The molecule has 19 heavy (non-hydrogen) atoms. The number of halogens is 1. The molecule has 0 aromatic heterocycles. The second kappa shape index (κ2) is 4.65. The Balaban J connectivity index is 2.15. The molecule has 1 aromatic carbocycles. The van der Waals surface area contributed by atoms with E-state index >= 15 is 0 Å². The monoisotopic (exact) mass is 299 g/mol. The van der Waals surface area contributed by atoms with E-state index in [-0.39, 0.29) is 16.1 Å². The molecule has 1 heterocycles. The van der Waals surface area contributed by atoms with Crippen LogP contribution in [0.2, 0.25) is 0 Å². The molecular weight excluding hydrogens is 276 g/mol. The summed E-state index contributed by atoms with van der Waals surface area (Å²) >= 11 is 6.03. The molecule has 0 radical (unpaired) electrons. The van der Waals surface area contributed by atoms with Gasteiger partial charge in [-0.05, 0) is 23.6 Å². The summed E-state index contributed by atoms with van der Waals surface area (Å²) in [6, 6.07) is 6.66. The summed E-state index contributed by atoms with van der Waals surface area (Å²) in [5.41, 5.74) is 1.09. The lowest BCUT2D eigenvalue weighted by Crippen LogP contribution is -2.60. The maximum atomic E-state index is 12.9. The van der Waals surface area contributed by atoms with Gasteiger partial charge in [0, 0.05) is 23.0 Å². The number of benzene rings is 1. The topological polar surface area (TPSA) is 12.0 Å². The van der Waals surface area contributed by atoms with Crippen molar-refractivity contribution in [3.8, 4) is 0 Å². The Morgan fingerprint density at radius 3 is 2.11 bits per heavy atom. The third-order valence-corrected chi connectivity index (χ3v) is 13.0. The zero-order valence-electron chi connectivity index (χ0n) is 12.3. The van der Waals surface area contributed by atoms with Crippen molar-refractivity contribution in [2.24, 2.45) is 5.92 Å². The summed E-state index contributed by atoms with van der Waals surface area (Å²) in [5.74, 6) is 0.427. The number of nitrogens with one attached hydrogen (secondary N) is 1. The first-order valence-corrected chi connectivity index (χ1v) is 9.53. The first kappa shape index (κ1) is 15.2. The van der Waals surface area contributed by atoms with Crippen molar-refractivity contribution in [2.45, 2.75) is 51.5 Å². The van der Waals surface area contributed by atoms with Crippen LogP contribution >= 0.6 is 6.19 Å². The largest absolute Gasteiger partial charge is 0.283 e. The molecule has 1 aliphatic rings. The molecule has 1 fully saturated rings. The summed E-state index contributed by atoms with van der Waals surface area (Å²) in [4.78, 5) is 0. The smallest absolute Gasteiger partial charge is 0.123 e. The van der Waals surface area contributed by atoms with Gasteiger partial charge in [0.1, 0.15) is 5.82 Å². The third kappa shape index (κ3) is 2.11. The maximum Gasteiger partial charge on any atom is 0.123 e. The van der Waals surface area contributed by atoms with Crippen LogP contribution in [0, 0.1) is 11.7 Å². The fraction of sp³-hybridized carbons (Fsp3) is 0.600. The highest BCUT2D eigenvalue weighted by Gasteiger charge is 2.63. The van der Waals surface area contributed by atoms with E-state index in [1.54, 1.807) is 0 Å². The Morgan fingerprint density at radius 2 is 1.63 bits per heavy atom. The van der Waals surface area contributed by atoms with E-state index in [1.807, 2.05) is 12.1 Å². The lowest BCUT2D eigenvalue weighted by atomic mass is 9.83. The highest BCUT2D eigenvalue weighted by atomic mass is 32.4. The zero-order valence-corrected chi connectivity index (χ0v) is 14.0. The van der Waals surface area contributed by atoms with E-state index in [1.165, 1.54) is 12.1 Å². The average molecular weight is 299 g/mol. The first-order valence-electron chi connectivity index (χ1n) is 6.73. The molecular formula is C15H23FNPS. The van der Waals surface area contributed by atoms with Crippen molar-refractivity contribution in [3.63, 3.8) is 0 Å². The molecule has 4 heteroatoms. The number of rotatable bonds is 3. The quantitative estimate of drug-likeness (QED) is 0.824. The van der Waals surface area contributed by atoms with Crippen molar-refractivity contribution < 1.29 is 4.39 Å². The fourth-order valence-electron chi connectivity index (χ4n) is 3.30. The predicted molar refractivity (Wildman–Crippen MR) is 84.8 cm³/mol. The SMILES string of the molecule is CC1C(C)(C)P(=S)(NCc2ccc(F)cc2)C1(C)C. The molecule has 0 bridgehead atoms. The van der Waals surface area contributed by atoms with Gasteiger partial charge in [0.05, 0.1) is 0 Å². The molecule has 0 aliphatic carbocycles. The van der Waals surface area contributed by atoms with E-state index in [0.717, 1.165) is 12.1 Å². The molecule has 0 spiro atoms. The van der Waals surface area contributed by atoms with Gasteiger partial charge in [0.25, 0.3) is 0 Å². The summed E-state index contributed by atoms with van der Waals surface area (Å²) in [7, 11) is 0. The third-order valence-electron chi connectivity index (χ3n) is 5.16. The standard InChI is InChI=1S/C15H23FNPS/c1-11-14(2,3)18(19,15(11,4)5)17-10-12-6-8-13(16)9-7-12/h6-9,11H,10H2,1-5H3,(H,17,19). The molecule has 0 unspecified atom stereocenters. The molecule has 1 N–H and O–H groups in total. The summed E-state index contributed by atoms with van der Waals surface area (Å²) in [6.45, 7) is 12.1. The van der Waals surface area contributed by atoms with Crippen molar-refractivity contribution in [2.75, 3.05) is 0 Å². The fourth-order valence-corrected chi connectivity index (χ4v) is 8.68. The van der Waals surface area contributed by atoms with Crippen LogP contribution in [-0.2, 0) is 18.4 Å². The summed E-state index contributed by atoms with van der Waals surface area (Å²) in [5, 5.41) is 4.02. The molecule has 1 saturated heterocycles. The minimum absolute atomic E-state index is 0.186. The lowest BCUT2D eigenvalue weighted by Gasteiger charge is -2.66. The zero-order chi connectivity index (χ0) is 14.5. The molecule has 106 valence electrons. The predicted octanol–water partition coefficient (Wildman–Crippen LogP) is 4.52. The van der Waals surface area contributed by atoms with Gasteiger partial charge >= 0.3 is 0 Å². The van der Waals surface area contributed by atoms with Gasteiger partial charge in [-0.25, -0.2) is 4.39 Å². The van der Waals surface area contributed by atoms with Crippen LogP contribution in [0.25, 0.3) is 0 Å².